The maximum Gasteiger partial charge on any atom is 0.0363 e. The normalized spacial score (nSPS) is 12.3. The van der Waals surface area contributed by atoms with Gasteiger partial charge in [-0.25, -0.2) is 0 Å². The number of anilines is 2. The van der Waals surface area contributed by atoms with Crippen LogP contribution in [0, 0.1) is 0 Å². The van der Waals surface area contributed by atoms with Gasteiger partial charge in [-0.2, -0.15) is 0 Å². The van der Waals surface area contributed by atoms with Crippen molar-refractivity contribution in [3.63, 3.8) is 0 Å². The molecule has 0 saturated heterocycles. The summed E-state index contributed by atoms with van der Waals surface area (Å²) in [5, 5.41) is 3.42. The average molecular weight is 242 g/mol. The Morgan fingerprint density at radius 2 is 1.89 bits per heavy atom. The second kappa shape index (κ2) is 5.51. The van der Waals surface area contributed by atoms with Gasteiger partial charge in [0.15, 0.2) is 0 Å². The first kappa shape index (κ1) is 12.4. The Kier molecular flexibility index (Phi) is 3.79. The zero-order valence-corrected chi connectivity index (χ0v) is 10.4. The van der Waals surface area contributed by atoms with Crippen molar-refractivity contribution in [3.8, 4) is 0 Å². The summed E-state index contributed by atoms with van der Waals surface area (Å²) in [6.45, 7) is 2.85. The summed E-state index contributed by atoms with van der Waals surface area (Å²) < 4.78 is 0. The van der Waals surface area contributed by atoms with Gasteiger partial charge in [0.25, 0.3) is 0 Å². The molecule has 1 unspecified atom stereocenters. The molecule has 0 radical (unpaired) electrons. The molecule has 1 atom stereocenters. The summed E-state index contributed by atoms with van der Waals surface area (Å²) >= 11 is 0. The van der Waals surface area contributed by atoms with Crippen LogP contribution >= 0.6 is 0 Å². The minimum atomic E-state index is 0.154. The van der Waals surface area contributed by atoms with Crippen LogP contribution in [0.2, 0.25) is 0 Å². The second-order valence-corrected chi connectivity index (χ2v) is 4.35. The molecule has 4 heteroatoms. The molecule has 0 fully saturated rings. The van der Waals surface area contributed by atoms with E-state index in [9.17, 15) is 0 Å². The molecule has 0 aliphatic heterocycles. The molecule has 0 saturated carbocycles. The van der Waals surface area contributed by atoms with Crippen LogP contribution in [0.1, 0.15) is 24.1 Å². The third kappa shape index (κ3) is 2.99. The Morgan fingerprint density at radius 1 is 1.17 bits per heavy atom. The number of pyridine rings is 1. The molecule has 2 aromatic rings. The number of benzene rings is 1. The number of nitrogens with one attached hydrogen (secondary N) is 1. The zero-order valence-electron chi connectivity index (χ0n) is 10.4. The van der Waals surface area contributed by atoms with Gasteiger partial charge < -0.3 is 16.8 Å². The van der Waals surface area contributed by atoms with Crippen LogP contribution in [0.4, 0.5) is 11.4 Å². The molecule has 1 aromatic heterocycles. The van der Waals surface area contributed by atoms with Gasteiger partial charge in [0.2, 0.25) is 0 Å². The molecule has 4 nitrogen and oxygen atoms in total. The molecule has 94 valence electrons. The van der Waals surface area contributed by atoms with E-state index < -0.39 is 0 Å². The molecule has 0 bridgehead atoms. The maximum atomic E-state index is 5.95. The Bertz CT molecular complexity index is 510. The van der Waals surface area contributed by atoms with Crippen LogP contribution in [-0.4, -0.2) is 4.98 Å². The molecule has 18 heavy (non-hydrogen) atoms. The van der Waals surface area contributed by atoms with E-state index in [2.05, 4.69) is 17.2 Å². The summed E-state index contributed by atoms with van der Waals surface area (Å²) in [7, 11) is 0. The Hall–Kier alpha value is -2.07. The highest BCUT2D eigenvalue weighted by Gasteiger charge is 2.08. The number of rotatable bonds is 4. The second-order valence-electron chi connectivity index (χ2n) is 4.35. The Labute approximate surface area is 107 Å². The van der Waals surface area contributed by atoms with Gasteiger partial charge in [-0.15, -0.1) is 0 Å². The molecular weight excluding hydrogens is 224 g/mol. The van der Waals surface area contributed by atoms with Crippen molar-refractivity contribution in [2.75, 3.05) is 11.5 Å². The monoisotopic (exact) mass is 242 g/mol. The summed E-state index contributed by atoms with van der Waals surface area (Å²) in [5.74, 6) is 0. The van der Waals surface area contributed by atoms with Gasteiger partial charge in [-0.1, -0.05) is 0 Å². The number of aromatic nitrogens is 1. The fourth-order valence-corrected chi connectivity index (χ4v) is 1.85. The van der Waals surface area contributed by atoms with E-state index in [4.69, 9.17) is 11.5 Å². The van der Waals surface area contributed by atoms with Crippen LogP contribution in [0.15, 0.2) is 42.7 Å². The highest BCUT2D eigenvalue weighted by Crippen LogP contribution is 2.22. The van der Waals surface area contributed by atoms with Crippen LogP contribution < -0.4 is 16.8 Å². The lowest BCUT2D eigenvalue weighted by atomic mass is 10.1. The van der Waals surface area contributed by atoms with Crippen molar-refractivity contribution in [3.05, 3.63) is 53.9 Å². The van der Waals surface area contributed by atoms with Crippen LogP contribution in [-0.2, 0) is 6.54 Å². The summed E-state index contributed by atoms with van der Waals surface area (Å²) in [4.78, 5) is 3.99. The Morgan fingerprint density at radius 3 is 2.61 bits per heavy atom. The van der Waals surface area contributed by atoms with E-state index in [1.165, 1.54) is 5.56 Å². The van der Waals surface area contributed by atoms with Crippen LogP contribution in [0.5, 0.6) is 0 Å². The standard InChI is InChI=1S/C14H18N4/c1-10(13-8-12(15)2-3-14(13)16)18-9-11-4-6-17-7-5-11/h2-8,10,18H,9,15-16H2,1H3. The molecule has 2 rings (SSSR count). The van der Waals surface area contributed by atoms with Crippen LogP contribution in [0.3, 0.4) is 0 Å². The van der Waals surface area contributed by atoms with Crippen molar-refractivity contribution >= 4 is 11.4 Å². The lowest BCUT2D eigenvalue weighted by Crippen LogP contribution is -2.19. The van der Waals surface area contributed by atoms with Crippen molar-refractivity contribution in [1.29, 1.82) is 0 Å². The fraction of sp³-hybridized carbons (Fsp3) is 0.214. The Balaban J connectivity index is 2.03. The molecular formula is C14H18N4. The molecule has 5 N–H and O–H groups in total. The van der Waals surface area contributed by atoms with Crippen molar-refractivity contribution in [2.24, 2.45) is 0 Å². The fourth-order valence-electron chi connectivity index (χ4n) is 1.85. The maximum absolute atomic E-state index is 5.95. The third-order valence-corrected chi connectivity index (χ3v) is 2.94. The van der Waals surface area contributed by atoms with Gasteiger partial charge >= 0.3 is 0 Å². The minimum absolute atomic E-state index is 0.154. The van der Waals surface area contributed by atoms with Crippen LogP contribution in [0.25, 0.3) is 0 Å². The van der Waals surface area contributed by atoms with E-state index in [0.29, 0.717) is 0 Å². The van der Waals surface area contributed by atoms with Gasteiger partial charge in [0.1, 0.15) is 0 Å². The number of hydrogen-bond donors (Lipinski definition) is 3. The quantitative estimate of drug-likeness (QED) is 0.717. The predicted octanol–water partition coefficient (Wildman–Crippen LogP) is 2.10. The average Bonchev–Trinajstić information content (AvgIpc) is 2.40. The third-order valence-electron chi connectivity index (χ3n) is 2.94. The number of nitrogens with zero attached hydrogens (tertiary/aromatic N) is 1. The lowest BCUT2D eigenvalue weighted by molar-refractivity contribution is 0.576. The number of hydrogen-bond acceptors (Lipinski definition) is 4. The van der Waals surface area contributed by atoms with Crippen molar-refractivity contribution in [1.82, 2.24) is 10.3 Å². The lowest BCUT2D eigenvalue weighted by Gasteiger charge is -2.17. The molecule has 0 spiro atoms. The first-order valence-corrected chi connectivity index (χ1v) is 5.94. The van der Waals surface area contributed by atoms with Gasteiger partial charge in [0.05, 0.1) is 0 Å². The highest BCUT2D eigenvalue weighted by molar-refractivity contribution is 5.56. The largest absolute Gasteiger partial charge is 0.399 e. The SMILES string of the molecule is CC(NCc1ccncc1)c1cc(N)ccc1N. The number of nitrogen functional groups attached to an aromatic ring is 2. The molecule has 1 heterocycles. The zero-order chi connectivity index (χ0) is 13.0. The first-order valence-electron chi connectivity index (χ1n) is 5.94. The molecule has 0 aliphatic carbocycles. The van der Waals surface area contributed by atoms with E-state index in [-0.39, 0.29) is 6.04 Å². The molecule has 0 aliphatic rings. The van der Waals surface area contributed by atoms with Gasteiger partial charge in [0, 0.05) is 36.4 Å². The first-order chi connectivity index (χ1) is 8.66. The summed E-state index contributed by atoms with van der Waals surface area (Å²) in [5.41, 5.74) is 15.5. The topological polar surface area (TPSA) is 77.0 Å². The van der Waals surface area contributed by atoms with Crippen molar-refractivity contribution in [2.45, 2.75) is 19.5 Å². The van der Waals surface area contributed by atoms with E-state index in [1.54, 1.807) is 12.4 Å². The predicted molar refractivity (Wildman–Crippen MR) is 74.8 cm³/mol. The molecule has 0 amide bonds. The molecule has 1 aromatic carbocycles. The van der Waals surface area contributed by atoms with E-state index >= 15 is 0 Å². The van der Waals surface area contributed by atoms with Crippen molar-refractivity contribution < 1.29 is 0 Å². The number of nitrogens with two attached hydrogens (primary N) is 2. The summed E-state index contributed by atoms with van der Waals surface area (Å²) in [6, 6.07) is 9.70. The highest BCUT2D eigenvalue weighted by atomic mass is 14.9. The van der Waals surface area contributed by atoms with E-state index in [1.807, 2.05) is 30.3 Å². The summed E-state index contributed by atoms with van der Waals surface area (Å²) in [6.07, 6.45) is 3.58. The minimum Gasteiger partial charge on any atom is -0.399 e. The van der Waals surface area contributed by atoms with Gasteiger partial charge in [-0.3, -0.25) is 4.98 Å². The smallest absolute Gasteiger partial charge is 0.0363 e. The van der Waals surface area contributed by atoms with Gasteiger partial charge in [-0.05, 0) is 48.4 Å². The van der Waals surface area contributed by atoms with E-state index in [0.717, 1.165) is 23.5 Å².